The van der Waals surface area contributed by atoms with Crippen molar-refractivity contribution in [3.05, 3.63) is 25.6 Å². The van der Waals surface area contributed by atoms with Crippen LogP contribution in [0.1, 0.15) is 0 Å². The minimum Gasteiger partial charge on any atom is -0.242 e. The molecule has 0 atom stereocenters. The van der Waals surface area contributed by atoms with Crippen molar-refractivity contribution in [2.45, 2.75) is 0 Å². The Hall–Kier alpha value is -0.810. The van der Waals surface area contributed by atoms with Crippen molar-refractivity contribution >= 4 is 10.2 Å². The van der Waals surface area contributed by atoms with Crippen LogP contribution in [0.25, 0.3) is 0 Å². The highest BCUT2D eigenvalue weighted by atomic mass is 32.2. The van der Waals surface area contributed by atoms with Gasteiger partial charge in [-0.05, 0) is 0 Å². The van der Waals surface area contributed by atoms with Crippen LogP contribution in [0.3, 0.4) is 0 Å². The van der Waals surface area contributed by atoms with Crippen LogP contribution < -0.4 is 5.14 Å². The van der Waals surface area contributed by atoms with E-state index in [1.54, 1.807) is 0 Å². The molecule has 0 aromatic heterocycles. The van der Waals surface area contributed by atoms with Crippen molar-refractivity contribution in [1.29, 1.82) is 0 Å². The van der Waals surface area contributed by atoms with E-state index in [2.05, 4.69) is 18.3 Å². The largest absolute Gasteiger partial charge is 0.302 e. The molecule has 4 nitrogen and oxygen atoms in total. The summed E-state index contributed by atoms with van der Waals surface area (Å²) in [6.07, 6.45) is 2.12. The van der Waals surface area contributed by atoms with E-state index in [-0.39, 0.29) is 0 Å². The van der Waals surface area contributed by atoms with Crippen LogP contribution in [0.2, 0.25) is 0 Å². The van der Waals surface area contributed by atoms with Gasteiger partial charge >= 0.3 is 10.2 Å². The third kappa shape index (κ3) is 2.29. The predicted molar refractivity (Wildman–Crippen MR) is 35.3 cm³/mol. The molecule has 0 saturated heterocycles. The summed E-state index contributed by atoms with van der Waals surface area (Å²) in [7, 11) is -3.67. The Balaban J connectivity index is 4.51. The minimum absolute atomic E-state index is 0.715. The Morgan fingerprint density at radius 1 is 1.33 bits per heavy atom. The number of hydrogen-bond acceptors (Lipinski definition) is 2. The maximum Gasteiger partial charge on any atom is 0.302 e. The number of rotatable bonds is 3. The molecule has 9 heavy (non-hydrogen) atoms. The van der Waals surface area contributed by atoms with Gasteiger partial charge in [-0.3, -0.25) is 0 Å². The molecule has 0 unspecified atom stereocenters. The fourth-order valence-corrected chi connectivity index (χ4v) is 0.698. The molecule has 0 spiro atoms. The van der Waals surface area contributed by atoms with E-state index >= 15 is 0 Å². The van der Waals surface area contributed by atoms with Crippen molar-refractivity contribution < 1.29 is 8.42 Å². The first kappa shape index (κ1) is 8.19. The van der Waals surface area contributed by atoms with Gasteiger partial charge in [0.15, 0.2) is 0 Å². The number of hydrogen-bond donors (Lipinski definition) is 1. The van der Waals surface area contributed by atoms with E-state index in [0.717, 1.165) is 12.4 Å². The highest BCUT2D eigenvalue weighted by Crippen LogP contribution is 1.92. The van der Waals surface area contributed by atoms with Crippen molar-refractivity contribution in [3.8, 4) is 0 Å². The monoisotopic (exact) mass is 148 g/mol. The summed E-state index contributed by atoms with van der Waals surface area (Å²) < 4.78 is 21.4. The molecule has 0 aromatic rings. The van der Waals surface area contributed by atoms with Crippen LogP contribution in [0.15, 0.2) is 25.6 Å². The molecule has 0 aromatic carbocycles. The van der Waals surface area contributed by atoms with E-state index in [1.165, 1.54) is 0 Å². The van der Waals surface area contributed by atoms with Gasteiger partial charge in [-0.2, -0.15) is 8.42 Å². The maximum atomic E-state index is 10.4. The quantitative estimate of drug-likeness (QED) is 0.601. The summed E-state index contributed by atoms with van der Waals surface area (Å²) in [6, 6.07) is 0. The molecule has 52 valence electrons. The van der Waals surface area contributed by atoms with E-state index in [1.807, 2.05) is 0 Å². The lowest BCUT2D eigenvalue weighted by Gasteiger charge is -2.08. The van der Waals surface area contributed by atoms with Crippen LogP contribution in [-0.4, -0.2) is 12.7 Å². The summed E-state index contributed by atoms with van der Waals surface area (Å²) in [5.41, 5.74) is 0. The molecule has 0 fully saturated rings. The van der Waals surface area contributed by atoms with E-state index in [4.69, 9.17) is 0 Å². The van der Waals surface area contributed by atoms with Crippen molar-refractivity contribution in [2.24, 2.45) is 5.14 Å². The zero-order valence-corrected chi connectivity index (χ0v) is 5.63. The zero-order chi connectivity index (χ0) is 7.49. The highest BCUT2D eigenvalue weighted by Gasteiger charge is 2.05. The first-order valence-corrected chi connectivity index (χ1v) is 3.59. The molecule has 0 bridgehead atoms. The summed E-state index contributed by atoms with van der Waals surface area (Å²) in [6.45, 7) is 6.39. The minimum atomic E-state index is -3.67. The lowest BCUT2D eigenvalue weighted by molar-refractivity contribution is 0.555. The first-order valence-electron chi connectivity index (χ1n) is 2.08. The van der Waals surface area contributed by atoms with Gasteiger partial charge in [0, 0.05) is 12.4 Å². The van der Waals surface area contributed by atoms with E-state index in [9.17, 15) is 8.42 Å². The Morgan fingerprint density at radius 3 is 1.67 bits per heavy atom. The Morgan fingerprint density at radius 2 is 1.67 bits per heavy atom. The van der Waals surface area contributed by atoms with Gasteiger partial charge in [0.1, 0.15) is 0 Å². The number of nitrogens with zero attached hydrogens (tertiary/aromatic N) is 1. The van der Waals surface area contributed by atoms with Gasteiger partial charge in [-0.15, -0.1) is 0 Å². The molecule has 0 aliphatic rings. The van der Waals surface area contributed by atoms with E-state index < -0.39 is 10.2 Å². The second kappa shape index (κ2) is 2.65. The molecule has 0 heterocycles. The molecule has 0 saturated carbocycles. The van der Waals surface area contributed by atoms with Crippen LogP contribution in [0, 0.1) is 0 Å². The highest BCUT2D eigenvalue weighted by molar-refractivity contribution is 7.87. The molecule has 0 rings (SSSR count). The average molecular weight is 148 g/mol. The predicted octanol–water partition coefficient (Wildman–Crippen LogP) is -0.221. The van der Waals surface area contributed by atoms with Crippen LogP contribution in [0.4, 0.5) is 0 Å². The summed E-state index contributed by atoms with van der Waals surface area (Å²) >= 11 is 0. The lowest BCUT2D eigenvalue weighted by atomic mass is 10.9. The Kier molecular flexibility index (Phi) is 2.41. The third-order valence-corrected chi connectivity index (χ3v) is 1.54. The molecule has 0 aliphatic carbocycles. The number of nitrogens with two attached hydrogens (primary N) is 1. The first-order chi connectivity index (χ1) is 4.02. The lowest BCUT2D eigenvalue weighted by Crippen LogP contribution is -2.27. The SMILES string of the molecule is C=CN(C=C)S(N)(=O)=O. The molecular formula is C4H8N2O2S. The van der Waals surface area contributed by atoms with Gasteiger partial charge < -0.3 is 0 Å². The third-order valence-electron chi connectivity index (χ3n) is 0.654. The topological polar surface area (TPSA) is 63.4 Å². The Labute approximate surface area is 54.5 Å². The van der Waals surface area contributed by atoms with Gasteiger partial charge in [0.05, 0.1) is 0 Å². The molecular weight excluding hydrogens is 140 g/mol. The molecule has 0 aliphatic heterocycles. The zero-order valence-electron chi connectivity index (χ0n) is 4.82. The van der Waals surface area contributed by atoms with Gasteiger partial charge in [0.2, 0.25) is 0 Å². The second-order valence-electron chi connectivity index (χ2n) is 1.24. The Bertz CT molecular complexity index is 199. The van der Waals surface area contributed by atoms with Crippen LogP contribution >= 0.6 is 0 Å². The summed E-state index contributed by atoms with van der Waals surface area (Å²) in [5, 5.41) is 4.66. The van der Waals surface area contributed by atoms with Crippen molar-refractivity contribution in [3.63, 3.8) is 0 Å². The van der Waals surface area contributed by atoms with Gasteiger partial charge in [-0.1, -0.05) is 13.2 Å². The molecule has 5 heteroatoms. The van der Waals surface area contributed by atoms with Crippen molar-refractivity contribution in [1.82, 2.24) is 4.31 Å². The molecule has 2 N–H and O–H groups in total. The fourth-order valence-electron chi connectivity index (χ4n) is 0.282. The summed E-state index contributed by atoms with van der Waals surface area (Å²) in [4.78, 5) is 0. The van der Waals surface area contributed by atoms with E-state index in [0.29, 0.717) is 4.31 Å². The van der Waals surface area contributed by atoms with Gasteiger partial charge in [0.25, 0.3) is 0 Å². The fraction of sp³-hybridized carbons (Fsp3) is 0. The van der Waals surface area contributed by atoms with Crippen molar-refractivity contribution in [2.75, 3.05) is 0 Å². The average Bonchev–Trinajstić information content (AvgIpc) is 1.65. The van der Waals surface area contributed by atoms with Crippen LogP contribution in [0.5, 0.6) is 0 Å². The second-order valence-corrected chi connectivity index (χ2v) is 2.69. The maximum absolute atomic E-state index is 10.4. The molecule has 0 radical (unpaired) electrons. The molecule has 0 amide bonds. The van der Waals surface area contributed by atoms with Crippen LogP contribution in [-0.2, 0) is 10.2 Å². The standard InChI is InChI=1S/C4H8N2O2S/c1-3-6(4-2)9(5,7)8/h3-4H,1-2H2,(H2,5,7,8). The smallest absolute Gasteiger partial charge is 0.242 e. The van der Waals surface area contributed by atoms with Gasteiger partial charge in [-0.25, -0.2) is 9.44 Å². The summed E-state index contributed by atoms with van der Waals surface area (Å²) in [5.74, 6) is 0. The normalized spacial score (nSPS) is 10.3.